The number of morpholine rings is 1. The highest BCUT2D eigenvalue weighted by atomic mass is 16.5. The van der Waals surface area contributed by atoms with Gasteiger partial charge in [-0.25, -0.2) is 4.98 Å². The van der Waals surface area contributed by atoms with Crippen LogP contribution in [0.4, 0.5) is 11.6 Å². The Morgan fingerprint density at radius 3 is 2.39 bits per heavy atom. The number of fused-ring (bicyclic) bond motifs is 1. The monoisotopic (exact) mass is 423 g/mol. The molecule has 1 aromatic heterocycles. The number of rotatable bonds is 4. The van der Waals surface area contributed by atoms with Crippen molar-refractivity contribution < 1.29 is 14.3 Å². The molecule has 8 nitrogen and oxygen atoms in total. The number of carbonyl (C=O) groups excluding carboxylic acids is 1. The maximum atomic E-state index is 11.1. The minimum atomic E-state index is -0.0930. The van der Waals surface area contributed by atoms with Crippen molar-refractivity contribution in [2.75, 3.05) is 51.0 Å². The molecule has 31 heavy (non-hydrogen) atoms. The van der Waals surface area contributed by atoms with Gasteiger partial charge in [0.15, 0.2) is 0 Å². The lowest BCUT2D eigenvalue weighted by atomic mass is 10.0. The first-order chi connectivity index (χ1) is 15.0. The van der Waals surface area contributed by atoms with Gasteiger partial charge in [-0.1, -0.05) is 18.2 Å². The van der Waals surface area contributed by atoms with Gasteiger partial charge in [0.1, 0.15) is 0 Å². The van der Waals surface area contributed by atoms with Crippen LogP contribution in [0, 0.1) is 0 Å². The van der Waals surface area contributed by atoms with E-state index >= 15 is 0 Å². The predicted molar refractivity (Wildman–Crippen MR) is 123 cm³/mol. The number of ether oxygens (including phenoxy) is 2. The van der Waals surface area contributed by atoms with Gasteiger partial charge in [-0.2, -0.15) is 4.98 Å². The molecule has 1 aliphatic rings. The molecule has 2 heterocycles. The lowest BCUT2D eigenvalue weighted by Crippen LogP contribution is -2.32. The summed E-state index contributed by atoms with van der Waals surface area (Å²) in [6, 6.07) is 13.5. The number of aromatic nitrogens is 2. The number of amides is 1. The average molecular weight is 424 g/mol. The van der Waals surface area contributed by atoms with E-state index in [1.54, 1.807) is 0 Å². The van der Waals surface area contributed by atoms with Crippen molar-refractivity contribution >= 4 is 28.4 Å². The van der Waals surface area contributed by atoms with E-state index in [1.807, 2.05) is 49.4 Å². The van der Waals surface area contributed by atoms with Gasteiger partial charge in [0, 0.05) is 25.7 Å². The molecule has 1 aliphatic heterocycles. The lowest BCUT2D eigenvalue weighted by Gasteiger charge is -2.21. The molecular weight excluding hydrogens is 394 g/mol. The Kier molecular flexibility index (Phi) is 7.75. The molecule has 3 aromatic rings. The van der Waals surface area contributed by atoms with Crippen molar-refractivity contribution in [2.45, 2.75) is 13.8 Å². The van der Waals surface area contributed by atoms with Gasteiger partial charge in [0.05, 0.1) is 30.7 Å². The van der Waals surface area contributed by atoms with Crippen LogP contribution in [-0.2, 0) is 9.53 Å². The van der Waals surface area contributed by atoms with E-state index in [0.717, 1.165) is 54.0 Å². The molecule has 3 N–H and O–H groups in total. The van der Waals surface area contributed by atoms with Crippen molar-refractivity contribution in [1.29, 1.82) is 0 Å². The smallest absolute Gasteiger partial charge is 0.226 e. The van der Waals surface area contributed by atoms with Crippen LogP contribution in [0.25, 0.3) is 22.0 Å². The fourth-order valence-corrected chi connectivity index (χ4v) is 3.15. The molecule has 2 aromatic carbocycles. The number of nitrogen functional groups attached to an aromatic ring is 1. The maximum Gasteiger partial charge on any atom is 0.226 e. The van der Waals surface area contributed by atoms with Crippen LogP contribution in [-0.4, -0.2) is 60.7 Å². The molecule has 0 aliphatic carbocycles. The summed E-state index contributed by atoms with van der Waals surface area (Å²) < 4.78 is 10.7. The SMILES string of the molecule is CCOc1nc(N)nc2ccc(-c3ccc(NC(C)=O)cc3)cc12.CN1CCOCC1. The Balaban J connectivity index is 0.000000330. The molecular formula is C23H29N5O3. The summed E-state index contributed by atoms with van der Waals surface area (Å²) in [6.45, 7) is 7.90. The third-order valence-corrected chi connectivity index (χ3v) is 4.73. The Bertz CT molecular complexity index is 1020. The molecule has 0 saturated carbocycles. The van der Waals surface area contributed by atoms with Gasteiger partial charge >= 0.3 is 0 Å². The van der Waals surface area contributed by atoms with Gasteiger partial charge in [-0.15, -0.1) is 0 Å². The third kappa shape index (κ3) is 6.37. The second-order valence-electron chi connectivity index (χ2n) is 7.23. The van der Waals surface area contributed by atoms with E-state index in [0.29, 0.717) is 12.5 Å². The van der Waals surface area contributed by atoms with Crippen LogP contribution in [0.2, 0.25) is 0 Å². The molecule has 1 fully saturated rings. The fourth-order valence-electron chi connectivity index (χ4n) is 3.15. The van der Waals surface area contributed by atoms with Crippen LogP contribution < -0.4 is 15.8 Å². The molecule has 164 valence electrons. The highest BCUT2D eigenvalue weighted by molar-refractivity contribution is 5.90. The van der Waals surface area contributed by atoms with Crippen molar-refractivity contribution in [3.05, 3.63) is 42.5 Å². The number of nitrogens with two attached hydrogens (primary N) is 1. The van der Waals surface area contributed by atoms with E-state index in [-0.39, 0.29) is 11.9 Å². The van der Waals surface area contributed by atoms with Crippen LogP contribution in [0.5, 0.6) is 5.88 Å². The fraction of sp³-hybridized carbons (Fsp3) is 0.348. The van der Waals surface area contributed by atoms with Gasteiger partial charge in [0.2, 0.25) is 17.7 Å². The normalized spacial score (nSPS) is 13.9. The van der Waals surface area contributed by atoms with Crippen LogP contribution in [0.1, 0.15) is 13.8 Å². The first-order valence-electron chi connectivity index (χ1n) is 10.3. The molecule has 0 radical (unpaired) electrons. The summed E-state index contributed by atoms with van der Waals surface area (Å²) >= 11 is 0. The average Bonchev–Trinajstić information content (AvgIpc) is 2.75. The number of anilines is 2. The number of nitrogens with one attached hydrogen (secondary N) is 1. The van der Waals surface area contributed by atoms with Gasteiger partial charge in [-0.3, -0.25) is 4.79 Å². The second-order valence-corrected chi connectivity index (χ2v) is 7.23. The summed E-state index contributed by atoms with van der Waals surface area (Å²) in [4.78, 5) is 21.8. The van der Waals surface area contributed by atoms with Gasteiger partial charge < -0.3 is 25.4 Å². The zero-order chi connectivity index (χ0) is 22.2. The molecule has 0 atom stereocenters. The Morgan fingerprint density at radius 2 is 1.81 bits per heavy atom. The third-order valence-electron chi connectivity index (χ3n) is 4.73. The van der Waals surface area contributed by atoms with E-state index < -0.39 is 0 Å². The zero-order valence-electron chi connectivity index (χ0n) is 18.2. The Labute approximate surface area is 182 Å². The zero-order valence-corrected chi connectivity index (χ0v) is 18.2. The van der Waals surface area contributed by atoms with Crippen LogP contribution in [0.3, 0.4) is 0 Å². The Morgan fingerprint density at radius 1 is 1.13 bits per heavy atom. The molecule has 0 bridgehead atoms. The van der Waals surface area contributed by atoms with E-state index in [2.05, 4.69) is 27.2 Å². The second kappa shape index (κ2) is 10.7. The molecule has 1 amide bonds. The van der Waals surface area contributed by atoms with Crippen LogP contribution in [0.15, 0.2) is 42.5 Å². The summed E-state index contributed by atoms with van der Waals surface area (Å²) in [6.07, 6.45) is 0. The number of nitrogens with zero attached hydrogens (tertiary/aromatic N) is 3. The molecule has 0 unspecified atom stereocenters. The number of hydrogen-bond donors (Lipinski definition) is 2. The van der Waals surface area contributed by atoms with Crippen molar-refractivity contribution in [2.24, 2.45) is 0 Å². The lowest BCUT2D eigenvalue weighted by molar-refractivity contribution is -0.114. The molecule has 0 spiro atoms. The first kappa shape index (κ1) is 22.5. The highest BCUT2D eigenvalue weighted by Crippen LogP contribution is 2.29. The summed E-state index contributed by atoms with van der Waals surface area (Å²) in [5, 5.41) is 3.57. The van der Waals surface area contributed by atoms with Gasteiger partial charge in [0.25, 0.3) is 0 Å². The number of benzene rings is 2. The van der Waals surface area contributed by atoms with E-state index in [1.165, 1.54) is 6.92 Å². The maximum absolute atomic E-state index is 11.1. The summed E-state index contributed by atoms with van der Waals surface area (Å²) in [5.74, 6) is 0.583. The summed E-state index contributed by atoms with van der Waals surface area (Å²) in [7, 11) is 2.11. The minimum absolute atomic E-state index is 0.0930. The summed E-state index contributed by atoms with van der Waals surface area (Å²) in [5.41, 5.74) is 9.25. The van der Waals surface area contributed by atoms with Crippen LogP contribution >= 0.6 is 0 Å². The first-order valence-corrected chi connectivity index (χ1v) is 10.3. The van der Waals surface area contributed by atoms with Gasteiger partial charge in [-0.05, 0) is 49.4 Å². The molecule has 4 rings (SSSR count). The molecule has 1 saturated heterocycles. The van der Waals surface area contributed by atoms with E-state index in [4.69, 9.17) is 15.2 Å². The molecule has 8 heteroatoms. The number of likely N-dealkylation sites (N-methyl/N-ethyl adjacent to an activating group) is 1. The van der Waals surface area contributed by atoms with Crippen molar-refractivity contribution in [3.8, 4) is 17.0 Å². The van der Waals surface area contributed by atoms with Crippen molar-refractivity contribution in [1.82, 2.24) is 14.9 Å². The van der Waals surface area contributed by atoms with Crippen molar-refractivity contribution in [3.63, 3.8) is 0 Å². The predicted octanol–water partition coefficient (Wildman–Crippen LogP) is 3.18. The highest BCUT2D eigenvalue weighted by Gasteiger charge is 2.09. The largest absolute Gasteiger partial charge is 0.477 e. The Hall–Kier alpha value is -3.23. The number of carbonyl (C=O) groups is 1. The van der Waals surface area contributed by atoms with E-state index in [9.17, 15) is 4.79 Å². The quantitative estimate of drug-likeness (QED) is 0.664. The standard InChI is InChI=1S/C18H18N4O2.C5H11NO/c1-3-24-17-15-10-13(6-9-16(15)21-18(19)22-17)12-4-7-14(8-5-12)20-11(2)23;1-6-2-4-7-5-3-6/h4-10H,3H2,1-2H3,(H,20,23)(H2,19,21,22);2-5H2,1H3. The minimum Gasteiger partial charge on any atom is -0.477 e. The topological polar surface area (TPSA) is 103 Å². The number of hydrogen-bond acceptors (Lipinski definition) is 7.